The van der Waals surface area contributed by atoms with Gasteiger partial charge in [-0.1, -0.05) is 6.92 Å². The molecule has 1 unspecified atom stereocenters. The van der Waals surface area contributed by atoms with Gasteiger partial charge in [-0.15, -0.1) is 0 Å². The van der Waals surface area contributed by atoms with Crippen LogP contribution in [-0.4, -0.2) is 60.0 Å². The summed E-state index contributed by atoms with van der Waals surface area (Å²) in [7, 11) is 0. The fourth-order valence-corrected chi connectivity index (χ4v) is 3.29. The fraction of sp³-hybridized carbons (Fsp3) is 0.688. The summed E-state index contributed by atoms with van der Waals surface area (Å²) < 4.78 is 0. The first-order valence-electron chi connectivity index (χ1n) is 8.22. The summed E-state index contributed by atoms with van der Waals surface area (Å²) in [4.78, 5) is 27.0. The molecule has 6 nitrogen and oxygen atoms in total. The van der Waals surface area contributed by atoms with E-state index < -0.39 is 0 Å². The number of hydrogen-bond acceptors (Lipinski definition) is 5. The number of carbonyl (C=O) groups is 1. The molecular formula is C16H25N5O. The lowest BCUT2D eigenvalue weighted by molar-refractivity contribution is -0.129. The van der Waals surface area contributed by atoms with Crippen molar-refractivity contribution in [3.8, 4) is 0 Å². The van der Waals surface area contributed by atoms with E-state index >= 15 is 0 Å². The van der Waals surface area contributed by atoms with Crippen LogP contribution >= 0.6 is 0 Å². The first-order valence-corrected chi connectivity index (χ1v) is 8.22. The molecule has 2 saturated heterocycles. The van der Waals surface area contributed by atoms with Gasteiger partial charge in [0.25, 0.3) is 0 Å². The largest absolute Gasteiger partial charge is 0.356 e. The number of piperidine rings is 1. The summed E-state index contributed by atoms with van der Waals surface area (Å²) in [5, 5.41) is 0. The van der Waals surface area contributed by atoms with Crippen LogP contribution in [0.3, 0.4) is 0 Å². The van der Waals surface area contributed by atoms with Crippen LogP contribution in [-0.2, 0) is 4.79 Å². The minimum Gasteiger partial charge on any atom is -0.356 e. The Morgan fingerprint density at radius 3 is 2.64 bits per heavy atom. The third kappa shape index (κ3) is 3.31. The fourth-order valence-electron chi connectivity index (χ4n) is 3.29. The summed E-state index contributed by atoms with van der Waals surface area (Å²) in [6.07, 6.45) is 4.40. The van der Waals surface area contributed by atoms with Crippen molar-refractivity contribution >= 4 is 17.7 Å². The molecule has 1 amide bonds. The molecular weight excluding hydrogens is 278 g/mol. The molecule has 6 heteroatoms. The van der Waals surface area contributed by atoms with Crippen molar-refractivity contribution in [2.75, 3.05) is 49.1 Å². The van der Waals surface area contributed by atoms with Crippen LogP contribution in [0.15, 0.2) is 12.3 Å². The Morgan fingerprint density at radius 2 is 1.95 bits per heavy atom. The molecule has 0 N–H and O–H groups in total. The Kier molecular flexibility index (Phi) is 4.45. The maximum atomic E-state index is 11.4. The molecule has 1 aromatic heterocycles. The molecule has 0 bridgehead atoms. The lowest BCUT2D eigenvalue weighted by Crippen LogP contribution is -2.48. The monoisotopic (exact) mass is 303 g/mol. The van der Waals surface area contributed by atoms with Crippen molar-refractivity contribution in [1.29, 1.82) is 0 Å². The third-order valence-electron chi connectivity index (χ3n) is 4.62. The van der Waals surface area contributed by atoms with E-state index in [-0.39, 0.29) is 5.91 Å². The van der Waals surface area contributed by atoms with Gasteiger partial charge in [-0.05, 0) is 24.8 Å². The first kappa shape index (κ1) is 15.1. The average molecular weight is 303 g/mol. The maximum absolute atomic E-state index is 11.4. The second-order valence-electron chi connectivity index (χ2n) is 6.40. The topological polar surface area (TPSA) is 52.6 Å². The van der Waals surface area contributed by atoms with Gasteiger partial charge >= 0.3 is 0 Å². The molecule has 22 heavy (non-hydrogen) atoms. The molecule has 0 spiro atoms. The molecule has 120 valence electrons. The van der Waals surface area contributed by atoms with Crippen LogP contribution in [0, 0.1) is 5.92 Å². The van der Waals surface area contributed by atoms with Gasteiger partial charge in [-0.3, -0.25) is 4.79 Å². The second-order valence-corrected chi connectivity index (χ2v) is 6.40. The third-order valence-corrected chi connectivity index (χ3v) is 4.62. The number of aromatic nitrogens is 2. The Bertz CT molecular complexity index is 527. The second kappa shape index (κ2) is 6.50. The van der Waals surface area contributed by atoms with Crippen molar-refractivity contribution in [1.82, 2.24) is 14.9 Å². The van der Waals surface area contributed by atoms with Crippen LogP contribution in [0.4, 0.5) is 11.8 Å². The number of rotatable bonds is 2. The molecule has 1 atom stereocenters. The molecule has 0 aromatic carbocycles. The van der Waals surface area contributed by atoms with Crippen molar-refractivity contribution in [3.63, 3.8) is 0 Å². The Balaban J connectivity index is 1.68. The number of hydrogen-bond donors (Lipinski definition) is 0. The summed E-state index contributed by atoms with van der Waals surface area (Å²) in [6.45, 7) is 9.21. The first-order chi connectivity index (χ1) is 10.6. The number of piperazine rings is 1. The molecule has 3 rings (SSSR count). The van der Waals surface area contributed by atoms with Crippen molar-refractivity contribution in [2.45, 2.75) is 26.7 Å². The van der Waals surface area contributed by atoms with Crippen LogP contribution in [0.2, 0.25) is 0 Å². The van der Waals surface area contributed by atoms with Gasteiger partial charge in [0, 0.05) is 52.4 Å². The highest BCUT2D eigenvalue weighted by molar-refractivity contribution is 5.73. The number of anilines is 2. The lowest BCUT2D eigenvalue weighted by atomic mass is 10.0. The van der Waals surface area contributed by atoms with Gasteiger partial charge in [0.15, 0.2) is 0 Å². The van der Waals surface area contributed by atoms with Crippen LogP contribution in [0.1, 0.15) is 26.7 Å². The van der Waals surface area contributed by atoms with Crippen LogP contribution in [0.25, 0.3) is 0 Å². The summed E-state index contributed by atoms with van der Waals surface area (Å²) in [6, 6.07) is 2.01. The normalized spacial score (nSPS) is 22.8. The van der Waals surface area contributed by atoms with E-state index in [1.807, 2.05) is 17.2 Å². The highest BCUT2D eigenvalue weighted by atomic mass is 16.2. The van der Waals surface area contributed by atoms with E-state index in [9.17, 15) is 4.79 Å². The smallest absolute Gasteiger partial charge is 0.227 e. The van der Waals surface area contributed by atoms with Crippen molar-refractivity contribution < 1.29 is 4.79 Å². The summed E-state index contributed by atoms with van der Waals surface area (Å²) >= 11 is 0. The zero-order chi connectivity index (χ0) is 15.5. The van der Waals surface area contributed by atoms with E-state index in [1.165, 1.54) is 12.8 Å². The summed E-state index contributed by atoms with van der Waals surface area (Å²) in [5.41, 5.74) is 0. The predicted molar refractivity (Wildman–Crippen MR) is 87.1 cm³/mol. The zero-order valence-electron chi connectivity index (χ0n) is 13.5. The highest BCUT2D eigenvalue weighted by Crippen LogP contribution is 2.22. The van der Waals surface area contributed by atoms with E-state index in [4.69, 9.17) is 4.98 Å². The number of carbonyl (C=O) groups excluding carboxylic acids is 1. The average Bonchev–Trinajstić information content (AvgIpc) is 2.55. The van der Waals surface area contributed by atoms with Crippen molar-refractivity contribution in [2.24, 2.45) is 5.92 Å². The highest BCUT2D eigenvalue weighted by Gasteiger charge is 2.22. The Hall–Kier alpha value is -1.85. The minimum atomic E-state index is 0.150. The zero-order valence-corrected chi connectivity index (χ0v) is 13.5. The molecule has 3 heterocycles. The van der Waals surface area contributed by atoms with Gasteiger partial charge in [0.1, 0.15) is 5.82 Å². The molecule has 1 aromatic rings. The van der Waals surface area contributed by atoms with E-state index in [0.717, 1.165) is 57.0 Å². The summed E-state index contributed by atoms with van der Waals surface area (Å²) in [5.74, 6) is 2.70. The van der Waals surface area contributed by atoms with E-state index in [2.05, 4.69) is 21.7 Å². The molecule has 0 saturated carbocycles. The van der Waals surface area contributed by atoms with Gasteiger partial charge in [-0.25, -0.2) is 4.98 Å². The standard InChI is InChI=1S/C16H25N5O/c1-13-4-3-7-21(12-13)15-5-6-17-16(18-15)20-10-8-19(9-11-20)14(2)22/h5-6,13H,3-4,7-12H2,1-2H3. The SMILES string of the molecule is CC(=O)N1CCN(c2nccc(N3CCCC(C)C3)n2)CC1. The van der Waals surface area contributed by atoms with E-state index in [1.54, 1.807) is 6.92 Å². The minimum absolute atomic E-state index is 0.150. The van der Waals surface area contributed by atoms with E-state index in [0.29, 0.717) is 0 Å². The van der Waals surface area contributed by atoms with Crippen LogP contribution in [0.5, 0.6) is 0 Å². The van der Waals surface area contributed by atoms with Gasteiger partial charge in [0.2, 0.25) is 11.9 Å². The van der Waals surface area contributed by atoms with Crippen LogP contribution < -0.4 is 9.80 Å². The van der Waals surface area contributed by atoms with Crippen molar-refractivity contribution in [3.05, 3.63) is 12.3 Å². The molecule has 2 aliphatic heterocycles. The van der Waals surface area contributed by atoms with Gasteiger partial charge in [-0.2, -0.15) is 4.98 Å². The molecule has 2 aliphatic rings. The predicted octanol–water partition coefficient (Wildman–Crippen LogP) is 1.38. The van der Waals surface area contributed by atoms with Gasteiger partial charge < -0.3 is 14.7 Å². The molecule has 0 radical (unpaired) electrons. The molecule has 0 aliphatic carbocycles. The number of amides is 1. The number of nitrogens with zero attached hydrogens (tertiary/aromatic N) is 5. The molecule has 2 fully saturated rings. The quantitative estimate of drug-likeness (QED) is 0.826. The lowest BCUT2D eigenvalue weighted by Gasteiger charge is -2.35. The van der Waals surface area contributed by atoms with Gasteiger partial charge in [0.05, 0.1) is 0 Å². The maximum Gasteiger partial charge on any atom is 0.227 e. The Morgan fingerprint density at radius 1 is 1.18 bits per heavy atom. The Labute approximate surface area is 132 Å².